The molecule has 0 aromatic heterocycles. The molecule has 20 heavy (non-hydrogen) atoms. The average molecular weight is 388 g/mol. The molecule has 0 radical (unpaired) electrons. The highest BCUT2D eigenvalue weighted by Gasteiger charge is 2.33. The second-order valence-electron chi connectivity index (χ2n) is 5.94. The Kier molecular flexibility index (Phi) is 4.94. The number of nitrogens with zero attached hydrogens (tertiary/aromatic N) is 1. The molecule has 1 aromatic carbocycles. The second-order valence-corrected chi connectivity index (χ2v) is 7.19. The van der Waals surface area contributed by atoms with Gasteiger partial charge in [-0.1, -0.05) is 12.8 Å². The van der Waals surface area contributed by atoms with Gasteiger partial charge in [0.25, 0.3) is 0 Å². The number of piperazine rings is 1. The van der Waals surface area contributed by atoms with Crippen molar-refractivity contribution >= 4 is 22.6 Å². The van der Waals surface area contributed by atoms with Gasteiger partial charge in [-0.3, -0.25) is 4.90 Å². The third-order valence-electron chi connectivity index (χ3n) is 4.67. The summed E-state index contributed by atoms with van der Waals surface area (Å²) in [5, 5.41) is 3.40. The molecule has 2 nitrogen and oxygen atoms in total. The Balaban J connectivity index is 1.92. The fraction of sp³-hybridized carbons (Fsp3) is 0.625. The Morgan fingerprint density at radius 1 is 1.20 bits per heavy atom. The van der Waals surface area contributed by atoms with Gasteiger partial charge in [0.2, 0.25) is 0 Å². The fourth-order valence-electron chi connectivity index (χ4n) is 3.72. The molecule has 0 unspecified atom stereocenters. The minimum Gasteiger partial charge on any atom is -0.314 e. The molecule has 2 fully saturated rings. The highest BCUT2D eigenvalue weighted by Crippen LogP contribution is 2.40. The van der Waals surface area contributed by atoms with E-state index in [9.17, 15) is 4.39 Å². The van der Waals surface area contributed by atoms with E-state index in [0.717, 1.165) is 35.3 Å². The van der Waals surface area contributed by atoms with Crippen molar-refractivity contribution in [2.24, 2.45) is 5.92 Å². The van der Waals surface area contributed by atoms with Gasteiger partial charge in [0.05, 0.1) is 0 Å². The zero-order valence-electron chi connectivity index (χ0n) is 11.7. The van der Waals surface area contributed by atoms with Crippen LogP contribution in [0.25, 0.3) is 0 Å². The summed E-state index contributed by atoms with van der Waals surface area (Å²) in [5.41, 5.74) is 0.922. The van der Waals surface area contributed by atoms with Crippen LogP contribution in [0.15, 0.2) is 18.2 Å². The lowest BCUT2D eigenvalue weighted by atomic mass is 9.89. The van der Waals surface area contributed by atoms with Gasteiger partial charge in [-0.05, 0) is 59.5 Å². The van der Waals surface area contributed by atoms with Crippen LogP contribution in [0.3, 0.4) is 0 Å². The van der Waals surface area contributed by atoms with Gasteiger partial charge in [-0.2, -0.15) is 0 Å². The molecule has 1 saturated heterocycles. The second kappa shape index (κ2) is 6.71. The van der Waals surface area contributed by atoms with Gasteiger partial charge in [-0.15, -0.1) is 0 Å². The van der Waals surface area contributed by atoms with E-state index in [1.54, 1.807) is 6.07 Å². The quantitative estimate of drug-likeness (QED) is 0.797. The molecular formula is C16H22FIN2. The average Bonchev–Trinajstić information content (AvgIpc) is 2.98. The number of halogens is 2. The smallest absolute Gasteiger partial charge is 0.128 e. The third kappa shape index (κ3) is 3.17. The molecule has 1 aromatic rings. The molecule has 2 aliphatic rings. The molecule has 4 heteroatoms. The summed E-state index contributed by atoms with van der Waals surface area (Å²) in [4.78, 5) is 2.50. The van der Waals surface area contributed by atoms with Gasteiger partial charge in [0.1, 0.15) is 5.82 Å². The highest BCUT2D eigenvalue weighted by atomic mass is 127. The maximum absolute atomic E-state index is 14.4. The predicted molar refractivity (Wildman–Crippen MR) is 88.3 cm³/mol. The normalized spacial score (nSPS) is 23.1. The van der Waals surface area contributed by atoms with Crippen LogP contribution < -0.4 is 5.32 Å². The van der Waals surface area contributed by atoms with E-state index in [2.05, 4.69) is 38.9 Å². The molecule has 1 N–H and O–H groups in total. The van der Waals surface area contributed by atoms with Crippen LogP contribution in [-0.4, -0.2) is 31.1 Å². The maximum Gasteiger partial charge on any atom is 0.128 e. The van der Waals surface area contributed by atoms with Gasteiger partial charge in [0, 0.05) is 41.4 Å². The fourth-order valence-corrected chi connectivity index (χ4v) is 4.24. The van der Waals surface area contributed by atoms with Gasteiger partial charge in [0.15, 0.2) is 0 Å². The summed E-state index contributed by atoms with van der Waals surface area (Å²) in [6, 6.07) is 5.83. The molecule has 0 amide bonds. The SMILES string of the molecule is Fc1ccc(I)cc1[C@H](C1CCCC1)N1CCNCC1. The Bertz CT molecular complexity index is 454. The van der Waals surface area contributed by atoms with Crippen LogP contribution >= 0.6 is 22.6 Å². The number of nitrogens with one attached hydrogen (secondary N) is 1. The monoisotopic (exact) mass is 388 g/mol. The van der Waals surface area contributed by atoms with Crippen molar-refractivity contribution in [2.75, 3.05) is 26.2 Å². The maximum atomic E-state index is 14.4. The zero-order valence-corrected chi connectivity index (χ0v) is 13.9. The molecule has 1 heterocycles. The van der Waals surface area contributed by atoms with Crippen molar-refractivity contribution in [3.63, 3.8) is 0 Å². The highest BCUT2D eigenvalue weighted by molar-refractivity contribution is 14.1. The van der Waals surface area contributed by atoms with Gasteiger partial charge < -0.3 is 5.32 Å². The van der Waals surface area contributed by atoms with E-state index in [1.807, 2.05) is 6.07 Å². The lowest BCUT2D eigenvalue weighted by Gasteiger charge is -2.38. The number of rotatable bonds is 3. The van der Waals surface area contributed by atoms with Gasteiger partial charge in [-0.25, -0.2) is 4.39 Å². The molecule has 0 bridgehead atoms. The van der Waals surface area contributed by atoms with Crippen LogP contribution in [0.1, 0.15) is 37.3 Å². The van der Waals surface area contributed by atoms with E-state index in [1.165, 1.54) is 25.7 Å². The van der Waals surface area contributed by atoms with Crippen molar-refractivity contribution in [3.05, 3.63) is 33.1 Å². The number of hydrogen-bond acceptors (Lipinski definition) is 2. The minimum absolute atomic E-state index is 0.0270. The summed E-state index contributed by atoms with van der Waals surface area (Å²) in [6.45, 7) is 4.11. The van der Waals surface area contributed by atoms with Crippen molar-refractivity contribution in [1.82, 2.24) is 10.2 Å². The van der Waals surface area contributed by atoms with Crippen molar-refractivity contribution in [1.29, 1.82) is 0 Å². The Hall–Kier alpha value is -0.200. The molecule has 1 aliphatic carbocycles. The van der Waals surface area contributed by atoms with Crippen molar-refractivity contribution < 1.29 is 4.39 Å². The summed E-state index contributed by atoms with van der Waals surface area (Å²) >= 11 is 2.29. The Morgan fingerprint density at radius 2 is 1.90 bits per heavy atom. The van der Waals surface area contributed by atoms with E-state index in [4.69, 9.17) is 0 Å². The van der Waals surface area contributed by atoms with Crippen molar-refractivity contribution in [3.8, 4) is 0 Å². The molecule has 110 valence electrons. The summed E-state index contributed by atoms with van der Waals surface area (Å²) in [6.07, 6.45) is 5.11. The van der Waals surface area contributed by atoms with E-state index in [0.29, 0.717) is 5.92 Å². The lowest BCUT2D eigenvalue weighted by Crippen LogP contribution is -2.47. The first-order valence-electron chi connectivity index (χ1n) is 7.65. The van der Waals surface area contributed by atoms with Crippen LogP contribution in [0.5, 0.6) is 0 Å². The first-order chi connectivity index (χ1) is 9.75. The van der Waals surface area contributed by atoms with Crippen molar-refractivity contribution in [2.45, 2.75) is 31.7 Å². The first kappa shape index (κ1) is 14.7. The molecule has 1 atom stereocenters. The van der Waals surface area contributed by atoms with Crippen LogP contribution in [0.2, 0.25) is 0 Å². The standard InChI is InChI=1S/C16H22FIN2/c17-15-6-5-13(18)11-14(15)16(12-3-1-2-4-12)20-9-7-19-8-10-20/h5-6,11-12,16,19H,1-4,7-10H2/t16-/m0/s1. The van der Waals surface area contributed by atoms with Crippen LogP contribution in [0, 0.1) is 15.3 Å². The number of hydrogen-bond donors (Lipinski definition) is 1. The van der Waals surface area contributed by atoms with E-state index in [-0.39, 0.29) is 11.9 Å². The van der Waals surface area contributed by atoms with Gasteiger partial charge >= 0.3 is 0 Å². The molecule has 1 saturated carbocycles. The summed E-state index contributed by atoms with van der Waals surface area (Å²) in [7, 11) is 0. The molecule has 0 spiro atoms. The third-order valence-corrected chi connectivity index (χ3v) is 5.34. The Morgan fingerprint density at radius 3 is 2.60 bits per heavy atom. The topological polar surface area (TPSA) is 15.3 Å². The zero-order chi connectivity index (χ0) is 13.9. The predicted octanol–water partition coefficient (Wildman–Crippen LogP) is 3.57. The molecule has 1 aliphatic heterocycles. The van der Waals surface area contributed by atoms with E-state index >= 15 is 0 Å². The van der Waals surface area contributed by atoms with Crippen LogP contribution in [0.4, 0.5) is 4.39 Å². The lowest BCUT2D eigenvalue weighted by molar-refractivity contribution is 0.122. The molecule has 3 rings (SSSR count). The largest absolute Gasteiger partial charge is 0.314 e. The first-order valence-corrected chi connectivity index (χ1v) is 8.73. The van der Waals surface area contributed by atoms with Crippen LogP contribution in [-0.2, 0) is 0 Å². The number of benzene rings is 1. The Labute approximate surface area is 134 Å². The molecular weight excluding hydrogens is 366 g/mol. The minimum atomic E-state index is -0.0270. The summed E-state index contributed by atoms with van der Waals surface area (Å²) in [5.74, 6) is 0.599. The summed E-state index contributed by atoms with van der Waals surface area (Å²) < 4.78 is 15.5. The van der Waals surface area contributed by atoms with E-state index < -0.39 is 0 Å².